The molecule has 0 aliphatic rings. The third kappa shape index (κ3) is 4.53. The highest BCUT2D eigenvalue weighted by Crippen LogP contribution is 2.22. The first-order valence-electron chi connectivity index (χ1n) is 5.79. The van der Waals surface area contributed by atoms with E-state index in [9.17, 15) is 0 Å². The number of rotatable bonds is 7. The van der Waals surface area contributed by atoms with E-state index in [1.807, 2.05) is 19.2 Å². The van der Waals surface area contributed by atoms with Crippen molar-refractivity contribution < 1.29 is 4.74 Å². The predicted octanol–water partition coefficient (Wildman–Crippen LogP) is 2.20. The fourth-order valence-corrected chi connectivity index (χ4v) is 1.74. The van der Waals surface area contributed by atoms with Crippen LogP contribution in [0.4, 0.5) is 5.69 Å². The van der Waals surface area contributed by atoms with Crippen LogP contribution in [-0.2, 0) is 4.74 Å². The van der Waals surface area contributed by atoms with E-state index in [2.05, 4.69) is 16.3 Å². The van der Waals surface area contributed by atoms with Crippen LogP contribution in [0.15, 0.2) is 18.2 Å². The lowest BCUT2D eigenvalue weighted by atomic mass is 10.2. The molecule has 0 aromatic heterocycles. The summed E-state index contributed by atoms with van der Waals surface area (Å²) in [5, 5.41) is 12.7. The molecular formula is C13H18ClN3O. The molecule has 0 heterocycles. The number of nitrogens with zero attached hydrogens (tertiary/aromatic N) is 2. The number of nitrogens with one attached hydrogen (secondary N) is 1. The second-order valence-corrected chi connectivity index (χ2v) is 4.40. The molecule has 18 heavy (non-hydrogen) atoms. The molecule has 0 radical (unpaired) electrons. The Balaban J connectivity index is 2.45. The van der Waals surface area contributed by atoms with Gasteiger partial charge in [0, 0.05) is 26.7 Å². The minimum absolute atomic E-state index is 0.482. The van der Waals surface area contributed by atoms with Crippen LogP contribution >= 0.6 is 11.6 Å². The van der Waals surface area contributed by atoms with Crippen molar-refractivity contribution in [1.82, 2.24) is 4.90 Å². The summed E-state index contributed by atoms with van der Waals surface area (Å²) in [6.07, 6.45) is 0. The molecule has 0 saturated carbocycles. The summed E-state index contributed by atoms with van der Waals surface area (Å²) in [5.74, 6) is 0. The number of hydrogen-bond donors (Lipinski definition) is 1. The molecule has 5 heteroatoms. The maximum atomic E-state index is 9.02. The van der Waals surface area contributed by atoms with Gasteiger partial charge in [-0.3, -0.25) is 0 Å². The molecule has 0 aliphatic carbocycles. The minimum atomic E-state index is 0.482. The molecule has 1 aromatic carbocycles. The van der Waals surface area contributed by atoms with E-state index in [1.165, 1.54) is 0 Å². The number of hydrogen-bond acceptors (Lipinski definition) is 4. The number of nitriles is 1. The Labute approximate surface area is 113 Å². The Bertz CT molecular complexity index is 417. The number of halogens is 1. The van der Waals surface area contributed by atoms with Gasteiger partial charge in [0.15, 0.2) is 0 Å². The maximum absolute atomic E-state index is 9.02. The minimum Gasteiger partial charge on any atom is -0.383 e. The van der Waals surface area contributed by atoms with Crippen LogP contribution < -0.4 is 5.32 Å². The zero-order chi connectivity index (χ0) is 13.4. The largest absolute Gasteiger partial charge is 0.383 e. The SMILES string of the molecule is COCCN(C)CCNc1cccc(Cl)c1C#N. The lowest BCUT2D eigenvalue weighted by Crippen LogP contribution is -2.28. The molecule has 0 amide bonds. The van der Waals surface area contributed by atoms with Crippen LogP contribution in [-0.4, -0.2) is 45.3 Å². The summed E-state index contributed by atoms with van der Waals surface area (Å²) >= 11 is 5.95. The van der Waals surface area contributed by atoms with Crippen molar-refractivity contribution in [3.63, 3.8) is 0 Å². The molecule has 0 bridgehead atoms. The zero-order valence-corrected chi connectivity index (χ0v) is 11.5. The second-order valence-electron chi connectivity index (χ2n) is 4.00. The average Bonchev–Trinajstić information content (AvgIpc) is 2.36. The van der Waals surface area contributed by atoms with Crippen molar-refractivity contribution in [2.75, 3.05) is 45.7 Å². The van der Waals surface area contributed by atoms with Crippen LogP contribution in [0.3, 0.4) is 0 Å². The van der Waals surface area contributed by atoms with E-state index in [0.29, 0.717) is 10.6 Å². The fourth-order valence-electron chi connectivity index (χ4n) is 1.53. The van der Waals surface area contributed by atoms with E-state index in [-0.39, 0.29) is 0 Å². The second kappa shape index (κ2) is 7.93. The summed E-state index contributed by atoms with van der Waals surface area (Å²) in [6.45, 7) is 3.24. The molecule has 1 N–H and O–H groups in total. The molecular weight excluding hydrogens is 250 g/mol. The van der Waals surface area contributed by atoms with Gasteiger partial charge in [-0.2, -0.15) is 5.26 Å². The van der Waals surface area contributed by atoms with Gasteiger partial charge in [-0.05, 0) is 19.2 Å². The average molecular weight is 268 g/mol. The van der Waals surface area contributed by atoms with Crippen molar-refractivity contribution in [1.29, 1.82) is 5.26 Å². The number of anilines is 1. The molecule has 0 saturated heterocycles. The summed E-state index contributed by atoms with van der Waals surface area (Å²) in [5.41, 5.74) is 1.28. The van der Waals surface area contributed by atoms with Gasteiger partial charge in [-0.25, -0.2) is 0 Å². The van der Waals surface area contributed by atoms with E-state index in [1.54, 1.807) is 13.2 Å². The highest BCUT2D eigenvalue weighted by Gasteiger charge is 2.05. The number of benzene rings is 1. The van der Waals surface area contributed by atoms with Gasteiger partial charge >= 0.3 is 0 Å². The van der Waals surface area contributed by atoms with Crippen LogP contribution in [0.1, 0.15) is 5.56 Å². The first-order chi connectivity index (χ1) is 8.69. The van der Waals surface area contributed by atoms with Crippen LogP contribution in [0.5, 0.6) is 0 Å². The summed E-state index contributed by atoms with van der Waals surface area (Å²) in [7, 11) is 3.72. The molecule has 1 aromatic rings. The predicted molar refractivity (Wildman–Crippen MR) is 74.0 cm³/mol. The van der Waals surface area contributed by atoms with Crippen molar-refractivity contribution in [2.45, 2.75) is 0 Å². The van der Waals surface area contributed by atoms with Gasteiger partial charge in [0.1, 0.15) is 6.07 Å². The molecule has 0 spiro atoms. The van der Waals surface area contributed by atoms with Gasteiger partial charge in [0.2, 0.25) is 0 Å². The Kier molecular flexibility index (Phi) is 6.51. The summed E-state index contributed by atoms with van der Waals surface area (Å²) in [6, 6.07) is 7.52. The lowest BCUT2D eigenvalue weighted by molar-refractivity contribution is 0.163. The smallest absolute Gasteiger partial charge is 0.103 e. The lowest BCUT2D eigenvalue weighted by Gasteiger charge is -2.17. The van der Waals surface area contributed by atoms with Crippen LogP contribution in [0.2, 0.25) is 5.02 Å². The van der Waals surface area contributed by atoms with Crippen molar-refractivity contribution in [2.24, 2.45) is 0 Å². The normalized spacial score (nSPS) is 10.4. The summed E-state index contributed by atoms with van der Waals surface area (Å²) < 4.78 is 5.01. The van der Waals surface area contributed by atoms with E-state index >= 15 is 0 Å². The van der Waals surface area contributed by atoms with E-state index < -0.39 is 0 Å². The fraction of sp³-hybridized carbons (Fsp3) is 0.462. The van der Waals surface area contributed by atoms with Crippen molar-refractivity contribution in [3.8, 4) is 6.07 Å². The maximum Gasteiger partial charge on any atom is 0.103 e. The first-order valence-corrected chi connectivity index (χ1v) is 6.16. The zero-order valence-electron chi connectivity index (χ0n) is 10.7. The molecule has 0 unspecified atom stereocenters. The molecule has 0 atom stereocenters. The first kappa shape index (κ1) is 14.8. The quantitative estimate of drug-likeness (QED) is 0.823. The molecule has 1 rings (SSSR count). The van der Waals surface area contributed by atoms with Crippen molar-refractivity contribution in [3.05, 3.63) is 28.8 Å². The Morgan fingerprint density at radius 3 is 2.89 bits per heavy atom. The number of likely N-dealkylation sites (N-methyl/N-ethyl adjacent to an activating group) is 1. The third-order valence-electron chi connectivity index (χ3n) is 2.61. The molecule has 98 valence electrons. The molecule has 0 fully saturated rings. The standard InChI is InChI=1S/C13H18ClN3O/c1-17(8-9-18-2)7-6-16-13-5-3-4-12(14)11(13)10-15/h3-5,16H,6-9H2,1-2H3. The Morgan fingerprint density at radius 2 is 2.22 bits per heavy atom. The van der Waals surface area contributed by atoms with Gasteiger partial charge < -0.3 is 15.0 Å². The molecule has 4 nitrogen and oxygen atoms in total. The van der Waals surface area contributed by atoms with E-state index in [0.717, 1.165) is 31.9 Å². The van der Waals surface area contributed by atoms with Gasteiger partial charge in [0.25, 0.3) is 0 Å². The summed E-state index contributed by atoms with van der Waals surface area (Å²) in [4.78, 5) is 2.16. The third-order valence-corrected chi connectivity index (χ3v) is 2.93. The van der Waals surface area contributed by atoms with Crippen LogP contribution in [0.25, 0.3) is 0 Å². The topological polar surface area (TPSA) is 48.3 Å². The van der Waals surface area contributed by atoms with Gasteiger partial charge in [0.05, 0.1) is 22.9 Å². The van der Waals surface area contributed by atoms with E-state index in [4.69, 9.17) is 21.6 Å². The van der Waals surface area contributed by atoms with Crippen LogP contribution in [0, 0.1) is 11.3 Å². The highest BCUT2D eigenvalue weighted by molar-refractivity contribution is 6.32. The Hall–Kier alpha value is -1.28. The van der Waals surface area contributed by atoms with Gasteiger partial charge in [-0.1, -0.05) is 17.7 Å². The monoisotopic (exact) mass is 267 g/mol. The number of ether oxygens (including phenoxy) is 1. The Morgan fingerprint density at radius 1 is 1.44 bits per heavy atom. The highest BCUT2D eigenvalue weighted by atomic mass is 35.5. The van der Waals surface area contributed by atoms with Crippen molar-refractivity contribution >= 4 is 17.3 Å². The molecule has 0 aliphatic heterocycles. The number of methoxy groups -OCH3 is 1. The van der Waals surface area contributed by atoms with Gasteiger partial charge in [-0.15, -0.1) is 0 Å².